The van der Waals surface area contributed by atoms with E-state index in [1.807, 2.05) is 31.3 Å². The molecule has 0 bridgehead atoms. The lowest BCUT2D eigenvalue weighted by molar-refractivity contribution is -0.136. The van der Waals surface area contributed by atoms with Gasteiger partial charge in [-0.1, -0.05) is 36.6 Å². The van der Waals surface area contributed by atoms with E-state index < -0.39 is 5.54 Å². The third-order valence-electron chi connectivity index (χ3n) is 3.60. The first-order valence-electron chi connectivity index (χ1n) is 6.30. The van der Waals surface area contributed by atoms with E-state index in [9.17, 15) is 4.79 Å². The Morgan fingerprint density at radius 2 is 1.89 bits per heavy atom. The van der Waals surface area contributed by atoms with Crippen molar-refractivity contribution in [1.29, 1.82) is 0 Å². The minimum Gasteiger partial charge on any atom is -0.340 e. The molecule has 1 aromatic carbocycles. The van der Waals surface area contributed by atoms with Crippen LogP contribution in [0.25, 0.3) is 0 Å². The lowest BCUT2D eigenvalue weighted by atomic mass is 9.97. The number of carbonyl (C=O) groups excluding carboxylic acids is 1. The van der Waals surface area contributed by atoms with E-state index >= 15 is 0 Å². The fourth-order valence-electron chi connectivity index (χ4n) is 2.54. The van der Waals surface area contributed by atoms with Crippen molar-refractivity contribution in [3.63, 3.8) is 0 Å². The van der Waals surface area contributed by atoms with Crippen LogP contribution in [-0.2, 0) is 11.3 Å². The third-order valence-corrected chi connectivity index (χ3v) is 3.85. The predicted molar refractivity (Wildman–Crippen MR) is 73.3 cm³/mol. The van der Waals surface area contributed by atoms with Gasteiger partial charge in [0.1, 0.15) is 0 Å². The second-order valence-corrected chi connectivity index (χ2v) is 5.59. The molecule has 3 nitrogen and oxygen atoms in total. The molecule has 1 amide bonds. The number of nitrogens with zero attached hydrogens (tertiary/aromatic N) is 1. The smallest absolute Gasteiger partial charge is 0.242 e. The molecule has 0 aliphatic heterocycles. The second kappa shape index (κ2) is 5.29. The van der Waals surface area contributed by atoms with Crippen molar-refractivity contribution in [2.75, 3.05) is 7.05 Å². The van der Waals surface area contributed by atoms with Crippen LogP contribution in [0.3, 0.4) is 0 Å². The van der Waals surface area contributed by atoms with Gasteiger partial charge in [0.25, 0.3) is 0 Å². The zero-order chi connectivity index (χ0) is 13.2. The van der Waals surface area contributed by atoms with Crippen molar-refractivity contribution in [1.82, 2.24) is 4.90 Å². The molecule has 0 spiro atoms. The van der Waals surface area contributed by atoms with Crippen LogP contribution < -0.4 is 5.73 Å². The van der Waals surface area contributed by atoms with Gasteiger partial charge < -0.3 is 10.6 Å². The summed E-state index contributed by atoms with van der Waals surface area (Å²) in [5, 5.41) is 0.707. The molecular formula is C14H19ClN2O. The van der Waals surface area contributed by atoms with Gasteiger partial charge in [0.05, 0.1) is 5.54 Å². The van der Waals surface area contributed by atoms with Gasteiger partial charge in [-0.15, -0.1) is 0 Å². The van der Waals surface area contributed by atoms with Crippen molar-refractivity contribution < 1.29 is 4.79 Å². The average molecular weight is 267 g/mol. The van der Waals surface area contributed by atoms with Crippen LogP contribution in [0.2, 0.25) is 5.02 Å². The summed E-state index contributed by atoms with van der Waals surface area (Å²) in [5.41, 5.74) is 6.60. The van der Waals surface area contributed by atoms with Crippen LogP contribution in [0.15, 0.2) is 24.3 Å². The Labute approximate surface area is 113 Å². The number of likely N-dealkylation sites (N-methyl/N-ethyl adjacent to an activating group) is 1. The number of carbonyl (C=O) groups is 1. The molecule has 1 fully saturated rings. The molecule has 1 aromatic rings. The number of rotatable bonds is 3. The molecule has 0 saturated heterocycles. The van der Waals surface area contributed by atoms with E-state index in [0.29, 0.717) is 11.6 Å². The predicted octanol–water partition coefficient (Wildman–Crippen LogP) is 2.57. The fourth-order valence-corrected chi connectivity index (χ4v) is 2.66. The van der Waals surface area contributed by atoms with E-state index in [1.165, 1.54) is 0 Å². The van der Waals surface area contributed by atoms with Gasteiger partial charge >= 0.3 is 0 Å². The zero-order valence-corrected chi connectivity index (χ0v) is 11.4. The molecule has 0 atom stereocenters. The molecule has 18 heavy (non-hydrogen) atoms. The summed E-state index contributed by atoms with van der Waals surface area (Å²) in [7, 11) is 1.81. The zero-order valence-electron chi connectivity index (χ0n) is 10.7. The average Bonchev–Trinajstić information content (AvgIpc) is 2.79. The summed E-state index contributed by atoms with van der Waals surface area (Å²) in [6.07, 6.45) is 3.71. The summed E-state index contributed by atoms with van der Waals surface area (Å²) in [6.45, 7) is 0.578. The van der Waals surface area contributed by atoms with Gasteiger partial charge in [-0.2, -0.15) is 0 Å². The maximum Gasteiger partial charge on any atom is 0.242 e. The van der Waals surface area contributed by atoms with Crippen molar-refractivity contribution in [3.05, 3.63) is 34.9 Å². The first-order chi connectivity index (χ1) is 8.51. The second-order valence-electron chi connectivity index (χ2n) is 5.15. The van der Waals surface area contributed by atoms with Crippen LogP contribution in [-0.4, -0.2) is 23.4 Å². The summed E-state index contributed by atoms with van der Waals surface area (Å²) < 4.78 is 0. The number of benzene rings is 1. The molecule has 0 unspecified atom stereocenters. The van der Waals surface area contributed by atoms with Gasteiger partial charge in [-0.3, -0.25) is 4.79 Å². The number of halogens is 1. The van der Waals surface area contributed by atoms with Crippen molar-refractivity contribution >= 4 is 17.5 Å². The first kappa shape index (κ1) is 13.4. The van der Waals surface area contributed by atoms with Crippen molar-refractivity contribution in [3.8, 4) is 0 Å². The Kier molecular flexibility index (Phi) is 3.93. The Hall–Kier alpha value is -1.06. The monoisotopic (exact) mass is 266 g/mol. The van der Waals surface area contributed by atoms with Crippen molar-refractivity contribution in [2.24, 2.45) is 5.73 Å². The highest BCUT2D eigenvalue weighted by Crippen LogP contribution is 2.29. The van der Waals surface area contributed by atoms with Crippen molar-refractivity contribution in [2.45, 2.75) is 37.8 Å². The molecule has 98 valence electrons. The molecule has 2 rings (SSSR count). The third kappa shape index (κ3) is 2.85. The SMILES string of the molecule is CN(Cc1ccc(Cl)cc1)C(=O)C1(N)CCCC1. The minimum absolute atomic E-state index is 0.0509. The highest BCUT2D eigenvalue weighted by Gasteiger charge is 2.38. The van der Waals surface area contributed by atoms with Crippen LogP contribution in [0.5, 0.6) is 0 Å². The van der Waals surface area contributed by atoms with Gasteiger partial charge in [0.15, 0.2) is 0 Å². The molecule has 1 saturated carbocycles. The Morgan fingerprint density at radius 1 is 1.33 bits per heavy atom. The summed E-state index contributed by atoms with van der Waals surface area (Å²) in [5.74, 6) is 0.0509. The summed E-state index contributed by atoms with van der Waals surface area (Å²) in [4.78, 5) is 14.0. The first-order valence-corrected chi connectivity index (χ1v) is 6.68. The standard InChI is InChI=1S/C14H19ClN2O/c1-17(10-11-4-6-12(15)7-5-11)13(18)14(16)8-2-3-9-14/h4-7H,2-3,8-10,16H2,1H3. The Morgan fingerprint density at radius 3 is 2.44 bits per heavy atom. The summed E-state index contributed by atoms with van der Waals surface area (Å²) in [6, 6.07) is 7.54. The van der Waals surface area contributed by atoms with Crippen LogP contribution >= 0.6 is 11.6 Å². The van der Waals surface area contributed by atoms with E-state index in [2.05, 4.69) is 0 Å². The maximum absolute atomic E-state index is 12.3. The molecule has 1 aliphatic carbocycles. The highest BCUT2D eigenvalue weighted by molar-refractivity contribution is 6.30. The molecule has 4 heteroatoms. The fraction of sp³-hybridized carbons (Fsp3) is 0.500. The Balaban J connectivity index is 2.01. The Bertz CT molecular complexity index is 424. The minimum atomic E-state index is -0.638. The molecule has 0 radical (unpaired) electrons. The van der Waals surface area contributed by atoms with Crippen LogP contribution in [0.4, 0.5) is 0 Å². The van der Waals surface area contributed by atoms with E-state index in [-0.39, 0.29) is 5.91 Å². The molecule has 0 heterocycles. The topological polar surface area (TPSA) is 46.3 Å². The molecule has 1 aliphatic rings. The van der Waals surface area contributed by atoms with Gasteiger partial charge in [0, 0.05) is 18.6 Å². The van der Waals surface area contributed by atoms with Gasteiger partial charge in [-0.05, 0) is 30.5 Å². The maximum atomic E-state index is 12.3. The van der Waals surface area contributed by atoms with Crippen LogP contribution in [0, 0.1) is 0 Å². The lowest BCUT2D eigenvalue weighted by Crippen LogP contribution is -2.52. The van der Waals surface area contributed by atoms with Gasteiger partial charge in [0.2, 0.25) is 5.91 Å². The number of nitrogens with two attached hydrogens (primary N) is 1. The summed E-state index contributed by atoms with van der Waals surface area (Å²) >= 11 is 5.84. The number of amides is 1. The molecule has 2 N–H and O–H groups in total. The van der Waals surface area contributed by atoms with E-state index in [4.69, 9.17) is 17.3 Å². The van der Waals surface area contributed by atoms with Gasteiger partial charge in [-0.25, -0.2) is 0 Å². The quantitative estimate of drug-likeness (QED) is 0.914. The normalized spacial score (nSPS) is 17.7. The molecular weight excluding hydrogens is 248 g/mol. The number of hydrogen-bond acceptors (Lipinski definition) is 2. The van der Waals surface area contributed by atoms with E-state index in [0.717, 1.165) is 31.2 Å². The highest BCUT2D eigenvalue weighted by atomic mass is 35.5. The molecule has 0 aromatic heterocycles. The van der Waals surface area contributed by atoms with Crippen LogP contribution in [0.1, 0.15) is 31.2 Å². The number of hydrogen-bond donors (Lipinski definition) is 1. The van der Waals surface area contributed by atoms with E-state index in [1.54, 1.807) is 4.90 Å². The largest absolute Gasteiger partial charge is 0.340 e. The lowest BCUT2D eigenvalue weighted by Gasteiger charge is -2.28.